The van der Waals surface area contributed by atoms with E-state index in [1.165, 1.54) is 14.2 Å². The van der Waals surface area contributed by atoms with Gasteiger partial charge in [0.25, 0.3) is 17.7 Å². The van der Waals surface area contributed by atoms with Crippen LogP contribution in [0.3, 0.4) is 0 Å². The molecule has 1 fully saturated rings. The van der Waals surface area contributed by atoms with Crippen LogP contribution in [0, 0.1) is 16.2 Å². The predicted molar refractivity (Wildman–Crippen MR) is 394 cm³/mol. The highest BCUT2D eigenvalue weighted by atomic mass is 16.6. The zero-order chi connectivity index (χ0) is 76.3. The van der Waals surface area contributed by atoms with Crippen molar-refractivity contribution in [3.63, 3.8) is 0 Å². The first-order chi connectivity index (χ1) is 48.7. The molecule has 7 aromatic rings. The van der Waals surface area contributed by atoms with Crippen LogP contribution in [-0.2, 0) is 50.7 Å². The van der Waals surface area contributed by atoms with E-state index in [9.17, 15) is 38.4 Å². The third kappa shape index (κ3) is 31.4. The number of nitrogens with one attached hydrogen (secondary N) is 8. The fourth-order valence-electron chi connectivity index (χ4n) is 9.16. The minimum absolute atomic E-state index is 0.0691. The maximum Gasteiger partial charge on any atom is 0.691 e. The molecule has 4 aromatic carbocycles. The van der Waals surface area contributed by atoms with E-state index < -0.39 is 76.2 Å². The number of benzene rings is 4. The summed E-state index contributed by atoms with van der Waals surface area (Å²) < 4.78 is 29.1. The lowest BCUT2D eigenvalue weighted by molar-refractivity contribution is -0.333. The molecule has 27 nitrogen and oxygen atoms in total. The molecule has 5 atom stereocenters. The summed E-state index contributed by atoms with van der Waals surface area (Å²) in [6, 6.07) is 40.3. The number of epoxide rings is 1. The van der Waals surface area contributed by atoms with E-state index >= 15 is 0 Å². The monoisotopic (exact) mass is 1420 g/mol. The molecule has 0 spiro atoms. The molecule has 0 saturated carbocycles. The fraction of sp³-hybridized carbons (Fsp3) is 0.355. The highest BCUT2D eigenvalue weighted by molar-refractivity contribution is 5.89. The molecule has 3 unspecified atom stereocenters. The third-order valence-corrected chi connectivity index (χ3v) is 14.8. The van der Waals surface area contributed by atoms with Gasteiger partial charge in [-0.05, 0) is 142 Å². The summed E-state index contributed by atoms with van der Waals surface area (Å²) in [5.41, 5.74) is 18.3. The van der Waals surface area contributed by atoms with Gasteiger partial charge in [0.2, 0.25) is 0 Å². The Labute approximate surface area is 602 Å². The van der Waals surface area contributed by atoms with Crippen LogP contribution >= 0.6 is 0 Å². The van der Waals surface area contributed by atoms with Gasteiger partial charge in [-0.3, -0.25) is 54.7 Å². The molecular formula is C76H98N13O14+. The quantitative estimate of drug-likeness (QED) is 0.00500. The van der Waals surface area contributed by atoms with Crippen LogP contribution in [-0.4, -0.2) is 140 Å². The Bertz CT molecular complexity index is 3820. The number of amides is 7. The van der Waals surface area contributed by atoms with Crippen molar-refractivity contribution in [2.24, 2.45) is 27.2 Å². The molecule has 1 saturated heterocycles. The van der Waals surface area contributed by atoms with E-state index in [1.54, 1.807) is 71.3 Å². The van der Waals surface area contributed by atoms with Gasteiger partial charge in [-0.15, -0.1) is 0 Å². The lowest BCUT2D eigenvalue weighted by Crippen LogP contribution is -2.56. The molecule has 0 radical (unpaired) electrons. The first kappa shape index (κ1) is 84.1. The van der Waals surface area contributed by atoms with Crippen molar-refractivity contribution in [2.75, 3.05) is 27.9 Å². The number of carbonyl (C=O) groups excluding carboxylic acids is 9. The Balaban J connectivity index is 0.000000280. The minimum atomic E-state index is -0.781. The Morgan fingerprint density at radius 1 is 0.544 bits per heavy atom. The molecule has 1 aliphatic rings. The van der Waals surface area contributed by atoms with Gasteiger partial charge < -0.3 is 39.6 Å². The number of methoxy groups -OCH3 is 3. The SMILES string of the molecule is C=[O+]C(=O)NC(C(=O)NN)C(C)(C)C.COC(=O)NC(C(=O)N/N=C\c1ccc(-c2ccncc2)cc1)C(C)(C)C.COC(=O)NC(C(=O)NNCc1ccc(-c2ccncc2)cc1)C(C)(C)C.COc1ccc(C[C@H](NC(=O)OC(C)(C)C)[C@@H]2CO2)cc1.O=Cc1ccc(-c2ccncc2)cc1. The first-order valence-corrected chi connectivity index (χ1v) is 32.7. The van der Waals surface area contributed by atoms with Crippen molar-refractivity contribution >= 4 is 61.4 Å². The molecule has 4 heterocycles. The molecule has 0 aliphatic carbocycles. The number of carbonyl (C=O) groups is 8. The Kier molecular flexibility index (Phi) is 33.9. The zero-order valence-electron chi connectivity index (χ0n) is 61.1. The van der Waals surface area contributed by atoms with E-state index in [4.69, 9.17) is 20.1 Å². The number of ether oxygens (including phenoxy) is 5. The highest BCUT2D eigenvalue weighted by Crippen LogP contribution is 2.25. The van der Waals surface area contributed by atoms with Crippen LogP contribution in [0.15, 0.2) is 176 Å². The topological polar surface area (TPSA) is 371 Å². The highest BCUT2D eigenvalue weighted by Gasteiger charge is 2.38. The average Bonchev–Trinajstić information content (AvgIpc) is 1.84. The van der Waals surface area contributed by atoms with Crippen LogP contribution in [0.4, 0.5) is 19.2 Å². The zero-order valence-corrected chi connectivity index (χ0v) is 61.1. The summed E-state index contributed by atoms with van der Waals surface area (Å²) in [6.45, 7) is 26.1. The number of aromatic nitrogens is 3. The lowest BCUT2D eigenvalue weighted by Gasteiger charge is -2.29. The van der Waals surface area contributed by atoms with Gasteiger partial charge >= 0.3 is 24.4 Å². The summed E-state index contributed by atoms with van der Waals surface area (Å²) in [7, 11) is 4.15. The molecule has 10 N–H and O–H groups in total. The summed E-state index contributed by atoms with van der Waals surface area (Å²) in [5, 5.41) is 14.3. The molecule has 3 aromatic heterocycles. The van der Waals surface area contributed by atoms with E-state index in [-0.39, 0.29) is 18.1 Å². The fourth-order valence-corrected chi connectivity index (χ4v) is 9.16. The van der Waals surface area contributed by atoms with E-state index in [2.05, 4.69) is 78.3 Å². The number of nitrogens with zero attached hydrogens (tertiary/aromatic N) is 4. The number of hydrogen-bond acceptors (Lipinski definition) is 19. The van der Waals surface area contributed by atoms with Crippen LogP contribution in [0.5, 0.6) is 5.75 Å². The van der Waals surface area contributed by atoms with Crippen molar-refractivity contribution in [2.45, 2.75) is 132 Å². The number of hydrazine groups is 2. The maximum atomic E-state index is 12.4. The van der Waals surface area contributed by atoms with Crippen molar-refractivity contribution in [1.29, 1.82) is 0 Å². The largest absolute Gasteiger partial charge is 0.691 e. The average molecular weight is 1420 g/mol. The third-order valence-electron chi connectivity index (χ3n) is 14.8. The smallest absolute Gasteiger partial charge is 0.497 e. The standard InChI is InChI=1S/C20H26N4O3.C20H24N4O3.C16H23NO4.C12H9NO.C8H15N3O3/c2*1-20(2,3)17(23-19(26)27-4)18(25)24-22-13-14-5-7-15(8-6-14)16-9-11-21-12-10-16;1-16(2,3)21-15(18)17-13(14-10-20-14)9-11-5-7-12(19-4)8-6-11;14-9-10-1-3-11(4-2-10)12-5-7-13-8-6-12;1-8(2,3)5(6(12)11-9)10-7(13)14-4/h5-12,17,22H,13H2,1-4H3,(H,23,26)(H,24,25);5-13,17H,1-4H3,(H,23,26)(H,24,25);5-8,13-14H,9-10H2,1-4H3,(H,17,18);1-9H;5H,4,9H2,1-3H3,(H-,10,11,12,13)/p+1/b;22-13-;;;/t;;13-,14-;;/m..0../s1. The van der Waals surface area contributed by atoms with Crippen molar-refractivity contribution in [3.8, 4) is 39.1 Å². The molecule has 8 rings (SSSR count). The van der Waals surface area contributed by atoms with Crippen LogP contribution in [0.1, 0.15) is 110 Å². The van der Waals surface area contributed by atoms with Crippen LogP contribution in [0.25, 0.3) is 33.4 Å². The number of alkyl carbamates (subject to hydrolysis) is 3. The molecule has 550 valence electrons. The van der Waals surface area contributed by atoms with Gasteiger partial charge in [0.05, 0.1) is 45.0 Å². The van der Waals surface area contributed by atoms with Crippen molar-refractivity contribution in [1.82, 2.24) is 57.9 Å². The van der Waals surface area contributed by atoms with Gasteiger partial charge in [-0.2, -0.15) is 5.10 Å². The van der Waals surface area contributed by atoms with E-state index in [0.29, 0.717) is 25.1 Å². The minimum Gasteiger partial charge on any atom is -0.497 e. The summed E-state index contributed by atoms with van der Waals surface area (Å²) in [5.74, 6) is 4.56. The molecule has 1 aliphatic heterocycles. The number of rotatable bonds is 20. The lowest BCUT2D eigenvalue weighted by atomic mass is 9.86. The first-order valence-electron chi connectivity index (χ1n) is 32.7. The second kappa shape index (κ2) is 41.5. The van der Waals surface area contributed by atoms with Gasteiger partial charge in [-0.1, -0.05) is 147 Å². The second-order valence-electron chi connectivity index (χ2n) is 27.3. The second-order valence-corrected chi connectivity index (χ2v) is 27.3. The number of nitrogens with two attached hydrogens (primary N) is 1. The number of pyridine rings is 3. The van der Waals surface area contributed by atoms with E-state index in [0.717, 1.165) is 62.1 Å². The van der Waals surface area contributed by atoms with Gasteiger partial charge in [-0.25, -0.2) is 31.1 Å². The summed E-state index contributed by atoms with van der Waals surface area (Å²) in [6.07, 6.45) is 11.2. The molecule has 27 heteroatoms. The Hall–Kier alpha value is -11.3. The van der Waals surface area contributed by atoms with Crippen molar-refractivity contribution in [3.05, 3.63) is 193 Å². The van der Waals surface area contributed by atoms with Gasteiger partial charge in [0, 0.05) is 49.3 Å². The normalized spacial score (nSPS) is 13.3. The Morgan fingerprint density at radius 3 is 1.32 bits per heavy atom. The molecule has 7 amide bonds. The Morgan fingerprint density at radius 2 is 0.942 bits per heavy atom. The van der Waals surface area contributed by atoms with E-state index in [1.807, 2.05) is 201 Å². The predicted octanol–water partition coefficient (Wildman–Crippen LogP) is 10.2. The summed E-state index contributed by atoms with van der Waals surface area (Å²) >= 11 is 0. The number of hydrogen-bond donors (Lipinski definition) is 9. The molecule has 0 bridgehead atoms. The maximum absolute atomic E-state index is 12.4. The van der Waals surface area contributed by atoms with Crippen LogP contribution in [0.2, 0.25) is 0 Å². The summed E-state index contributed by atoms with van der Waals surface area (Å²) in [4.78, 5) is 104. The van der Waals surface area contributed by atoms with Crippen molar-refractivity contribution < 1.29 is 66.5 Å². The van der Waals surface area contributed by atoms with Crippen LogP contribution < -0.4 is 53.5 Å². The van der Waals surface area contributed by atoms with Gasteiger partial charge in [0.15, 0.2) is 6.79 Å². The molecule has 103 heavy (non-hydrogen) atoms. The van der Waals surface area contributed by atoms with Gasteiger partial charge in [0.1, 0.15) is 41.9 Å². The number of hydrazone groups is 1. The molecular weight excluding hydrogens is 1320 g/mol. The number of aldehydes is 1.